The Morgan fingerprint density at radius 1 is 1.13 bits per heavy atom. The standard InChI is InChI=1S/C23H26N2O5S/c1-4-29-21(30-5-2)14-24-22(26)16-8-11-19-18(13-16)25-23(27)20(31-19)12-15-6-9-17(28-3)10-7-15/h6-13,21H,4-5,14H2,1-3H3,(H,24,26)(H,25,27). The first-order valence-corrected chi connectivity index (χ1v) is 10.9. The van der Waals surface area contributed by atoms with Crippen molar-refractivity contribution in [2.75, 3.05) is 32.2 Å². The molecule has 0 atom stereocenters. The zero-order valence-electron chi connectivity index (χ0n) is 17.8. The van der Waals surface area contributed by atoms with Crippen LogP contribution in [0.4, 0.5) is 5.69 Å². The van der Waals surface area contributed by atoms with Crippen molar-refractivity contribution in [2.24, 2.45) is 0 Å². The van der Waals surface area contributed by atoms with Gasteiger partial charge in [0.2, 0.25) is 0 Å². The lowest BCUT2D eigenvalue weighted by atomic mass is 10.1. The second-order valence-electron chi connectivity index (χ2n) is 6.60. The zero-order valence-corrected chi connectivity index (χ0v) is 18.6. The monoisotopic (exact) mass is 442 g/mol. The van der Waals surface area contributed by atoms with Crippen LogP contribution < -0.4 is 15.4 Å². The fraction of sp³-hybridized carbons (Fsp3) is 0.304. The molecule has 1 heterocycles. The number of rotatable bonds is 9. The van der Waals surface area contributed by atoms with Crippen molar-refractivity contribution in [3.8, 4) is 5.75 Å². The highest BCUT2D eigenvalue weighted by atomic mass is 32.2. The van der Waals surface area contributed by atoms with E-state index in [1.807, 2.05) is 50.3 Å². The molecule has 1 aliphatic heterocycles. The Kier molecular flexibility index (Phi) is 8.11. The summed E-state index contributed by atoms with van der Waals surface area (Å²) in [5.74, 6) is 0.289. The number of carbonyl (C=O) groups excluding carboxylic acids is 2. The van der Waals surface area contributed by atoms with E-state index < -0.39 is 6.29 Å². The molecule has 0 fully saturated rings. The molecule has 0 radical (unpaired) electrons. The Labute approximate surface area is 186 Å². The highest BCUT2D eigenvalue weighted by molar-refractivity contribution is 8.04. The Balaban J connectivity index is 1.69. The second-order valence-corrected chi connectivity index (χ2v) is 7.68. The minimum Gasteiger partial charge on any atom is -0.497 e. The molecule has 0 aliphatic carbocycles. The fourth-order valence-electron chi connectivity index (χ4n) is 2.97. The van der Waals surface area contributed by atoms with E-state index in [-0.39, 0.29) is 18.4 Å². The van der Waals surface area contributed by atoms with Gasteiger partial charge in [0, 0.05) is 23.7 Å². The van der Waals surface area contributed by atoms with Gasteiger partial charge in [0.05, 0.1) is 24.2 Å². The summed E-state index contributed by atoms with van der Waals surface area (Å²) in [5.41, 5.74) is 1.96. The number of methoxy groups -OCH3 is 1. The predicted octanol–water partition coefficient (Wildman–Crippen LogP) is 3.91. The van der Waals surface area contributed by atoms with E-state index in [1.54, 1.807) is 19.2 Å². The molecule has 0 bridgehead atoms. The van der Waals surface area contributed by atoms with Gasteiger partial charge in [-0.25, -0.2) is 0 Å². The average molecular weight is 443 g/mol. The minimum absolute atomic E-state index is 0.210. The molecule has 0 saturated carbocycles. The molecule has 7 nitrogen and oxygen atoms in total. The third-order valence-corrected chi connectivity index (χ3v) is 5.58. The highest BCUT2D eigenvalue weighted by Crippen LogP contribution is 2.39. The summed E-state index contributed by atoms with van der Waals surface area (Å²) < 4.78 is 16.0. The lowest BCUT2D eigenvalue weighted by Gasteiger charge is -2.20. The first-order chi connectivity index (χ1) is 15.0. The number of carbonyl (C=O) groups is 2. The van der Waals surface area contributed by atoms with E-state index in [0.29, 0.717) is 29.4 Å². The molecular formula is C23H26N2O5S. The van der Waals surface area contributed by atoms with Gasteiger partial charge in [0.15, 0.2) is 6.29 Å². The smallest absolute Gasteiger partial charge is 0.262 e. The average Bonchev–Trinajstić information content (AvgIpc) is 2.78. The third-order valence-electron chi connectivity index (χ3n) is 4.48. The van der Waals surface area contributed by atoms with Crippen LogP contribution in [0.15, 0.2) is 52.3 Å². The van der Waals surface area contributed by atoms with Crippen LogP contribution in [0.1, 0.15) is 29.8 Å². The first kappa shape index (κ1) is 22.9. The molecule has 0 spiro atoms. The van der Waals surface area contributed by atoms with Crippen LogP contribution in [0.5, 0.6) is 5.75 Å². The molecule has 3 rings (SSSR count). The summed E-state index contributed by atoms with van der Waals surface area (Å²) in [4.78, 5) is 26.5. The van der Waals surface area contributed by atoms with Crippen molar-refractivity contribution >= 4 is 35.3 Å². The molecule has 0 aromatic heterocycles. The molecule has 164 valence electrons. The first-order valence-electron chi connectivity index (χ1n) is 10.0. The van der Waals surface area contributed by atoms with Crippen LogP contribution in [0.25, 0.3) is 6.08 Å². The van der Waals surface area contributed by atoms with Crippen molar-refractivity contribution in [3.05, 3.63) is 58.5 Å². The second kappa shape index (κ2) is 11.0. The van der Waals surface area contributed by atoms with Gasteiger partial charge >= 0.3 is 0 Å². The van der Waals surface area contributed by atoms with Crippen LogP contribution in [0.2, 0.25) is 0 Å². The molecule has 0 saturated heterocycles. The summed E-state index contributed by atoms with van der Waals surface area (Å²) in [7, 11) is 1.61. The normalized spacial score (nSPS) is 14.3. The SMILES string of the molecule is CCOC(CNC(=O)c1ccc2c(c1)NC(=O)C(=Cc1ccc(OC)cc1)S2)OCC. The van der Waals surface area contributed by atoms with Crippen LogP contribution in [0, 0.1) is 0 Å². The Morgan fingerprint density at radius 3 is 2.48 bits per heavy atom. The van der Waals surface area contributed by atoms with Gasteiger partial charge < -0.3 is 24.8 Å². The lowest BCUT2D eigenvalue weighted by Crippen LogP contribution is -2.35. The number of anilines is 1. The molecule has 2 N–H and O–H groups in total. The molecule has 1 aliphatic rings. The Hall–Kier alpha value is -2.81. The van der Waals surface area contributed by atoms with Crippen LogP contribution in [-0.2, 0) is 14.3 Å². The number of fused-ring (bicyclic) bond motifs is 1. The number of nitrogens with one attached hydrogen (secondary N) is 2. The Bertz CT molecular complexity index is 953. The van der Waals surface area contributed by atoms with Crippen molar-refractivity contribution < 1.29 is 23.8 Å². The third kappa shape index (κ3) is 6.10. The quantitative estimate of drug-likeness (QED) is 0.452. The number of thioether (sulfide) groups is 1. The summed E-state index contributed by atoms with van der Waals surface area (Å²) in [5, 5.41) is 5.68. The predicted molar refractivity (Wildman–Crippen MR) is 121 cm³/mol. The molecule has 2 amide bonds. The van der Waals surface area contributed by atoms with Crippen LogP contribution in [-0.4, -0.2) is 45.0 Å². The number of hydrogen-bond donors (Lipinski definition) is 2. The number of benzene rings is 2. The zero-order chi connectivity index (χ0) is 22.2. The Morgan fingerprint density at radius 2 is 1.84 bits per heavy atom. The topological polar surface area (TPSA) is 85.9 Å². The van der Waals surface area contributed by atoms with Gasteiger partial charge in [0.25, 0.3) is 11.8 Å². The van der Waals surface area contributed by atoms with Crippen molar-refractivity contribution in [2.45, 2.75) is 25.0 Å². The van der Waals surface area contributed by atoms with Crippen molar-refractivity contribution in [3.63, 3.8) is 0 Å². The van der Waals surface area contributed by atoms with Gasteiger partial charge in [-0.3, -0.25) is 9.59 Å². The van der Waals surface area contributed by atoms with E-state index >= 15 is 0 Å². The van der Waals surface area contributed by atoms with Crippen LogP contribution in [0.3, 0.4) is 0 Å². The molecule has 31 heavy (non-hydrogen) atoms. The van der Waals surface area contributed by atoms with E-state index in [9.17, 15) is 9.59 Å². The van der Waals surface area contributed by atoms with E-state index in [2.05, 4.69) is 10.6 Å². The van der Waals surface area contributed by atoms with Gasteiger partial charge in [0.1, 0.15) is 5.75 Å². The number of ether oxygens (including phenoxy) is 3. The highest BCUT2D eigenvalue weighted by Gasteiger charge is 2.22. The molecule has 0 unspecified atom stereocenters. The molecular weight excluding hydrogens is 416 g/mol. The number of hydrogen-bond acceptors (Lipinski definition) is 6. The van der Waals surface area contributed by atoms with E-state index in [0.717, 1.165) is 16.2 Å². The maximum atomic E-state index is 12.6. The summed E-state index contributed by atoms with van der Waals surface area (Å²) in [6.07, 6.45) is 1.34. The van der Waals surface area contributed by atoms with E-state index in [4.69, 9.17) is 14.2 Å². The maximum absolute atomic E-state index is 12.6. The van der Waals surface area contributed by atoms with Gasteiger partial charge in [-0.05, 0) is 55.8 Å². The minimum atomic E-state index is -0.488. The molecule has 2 aromatic carbocycles. The molecule has 8 heteroatoms. The molecule has 2 aromatic rings. The van der Waals surface area contributed by atoms with Crippen LogP contribution >= 0.6 is 11.8 Å². The van der Waals surface area contributed by atoms with Gasteiger partial charge in [-0.2, -0.15) is 0 Å². The fourth-order valence-corrected chi connectivity index (χ4v) is 3.90. The van der Waals surface area contributed by atoms with Crippen molar-refractivity contribution in [1.29, 1.82) is 0 Å². The summed E-state index contributed by atoms with van der Waals surface area (Å²) in [6, 6.07) is 12.7. The summed E-state index contributed by atoms with van der Waals surface area (Å²) >= 11 is 1.37. The van der Waals surface area contributed by atoms with Gasteiger partial charge in [-0.15, -0.1) is 0 Å². The largest absolute Gasteiger partial charge is 0.497 e. The van der Waals surface area contributed by atoms with E-state index in [1.165, 1.54) is 11.8 Å². The number of amides is 2. The van der Waals surface area contributed by atoms with Gasteiger partial charge in [-0.1, -0.05) is 23.9 Å². The lowest BCUT2D eigenvalue weighted by molar-refractivity contribution is -0.131. The maximum Gasteiger partial charge on any atom is 0.262 e. The summed E-state index contributed by atoms with van der Waals surface area (Å²) in [6.45, 7) is 4.97. The van der Waals surface area contributed by atoms with Crippen molar-refractivity contribution in [1.82, 2.24) is 5.32 Å².